The van der Waals surface area contributed by atoms with E-state index in [0.717, 1.165) is 47.0 Å². The van der Waals surface area contributed by atoms with Crippen LogP contribution in [0.3, 0.4) is 0 Å². The molecule has 0 radical (unpaired) electrons. The number of nitrogens with two attached hydrogens (primary N) is 1. The number of benzene rings is 4. The molecule has 0 fully saturated rings. The third kappa shape index (κ3) is 9.61. The van der Waals surface area contributed by atoms with Gasteiger partial charge in [-0.3, -0.25) is 4.90 Å². The summed E-state index contributed by atoms with van der Waals surface area (Å²) in [5.41, 5.74) is 20.4. The second kappa shape index (κ2) is 19.5. The van der Waals surface area contributed by atoms with Gasteiger partial charge in [-0.05, 0) is 101 Å². The van der Waals surface area contributed by atoms with Crippen molar-refractivity contribution in [3.63, 3.8) is 0 Å². The topological polar surface area (TPSA) is 44.5 Å². The van der Waals surface area contributed by atoms with Crippen LogP contribution in [-0.4, -0.2) is 13.1 Å². The average molecular weight is 771 g/mol. The number of nitrogens with one attached hydrogen (secondary N) is 1. The minimum Gasteiger partial charge on any atom is -0.399 e. The highest BCUT2D eigenvalue weighted by Crippen LogP contribution is 2.45. The molecule has 0 bridgehead atoms. The Kier molecular flexibility index (Phi) is 13.3. The SMILES string of the molecule is C\C=C(/C=C(CC)/C(N)=C/C=C\CN1C/C=C\C=C/C(C)c2ccc(C)c(N(C3=CC=CC(c4cccc(-c5ccccc5)c4)N3)c3cc#ccc3)c21)c1ccccc1. The lowest BCUT2D eigenvalue weighted by Crippen LogP contribution is -2.34. The standard InChI is InChI=1S/C55H54N4/c1-5-43(45-24-12-7-13-25-45)39-44(6-2)51(56)32-18-20-38-58-37-19-10-11-23-41(3)50-36-35-42(4)54(55(50)58)59(49-30-16-9-17-31-49)53-34-22-33-52(57-53)48-29-21-28-47(40-48)46-26-14-8-15-27-46/h5,7-8,10-16,18-36,39-41,52,57H,6,37-38,56H2,1-4H3/b19-10-,20-18-,23-11-,43-5+,44-39+,51-32-. The fourth-order valence-corrected chi connectivity index (χ4v) is 7.80. The van der Waals surface area contributed by atoms with Gasteiger partial charge in [0.05, 0.1) is 23.1 Å². The molecule has 2 aliphatic heterocycles. The van der Waals surface area contributed by atoms with Crippen LogP contribution in [0.2, 0.25) is 0 Å². The van der Waals surface area contributed by atoms with E-state index in [1.807, 2.05) is 24.3 Å². The van der Waals surface area contributed by atoms with Crippen molar-refractivity contribution in [2.75, 3.05) is 22.9 Å². The van der Waals surface area contributed by atoms with E-state index in [1.54, 1.807) is 0 Å². The molecule has 294 valence electrons. The number of allylic oxidation sites excluding steroid dienone is 11. The first-order valence-electron chi connectivity index (χ1n) is 20.7. The van der Waals surface area contributed by atoms with Crippen LogP contribution >= 0.6 is 0 Å². The smallest absolute Gasteiger partial charge is 0.111 e. The van der Waals surface area contributed by atoms with E-state index in [2.05, 4.69) is 219 Å². The monoisotopic (exact) mass is 770 g/mol. The van der Waals surface area contributed by atoms with Gasteiger partial charge in [-0.2, -0.15) is 0 Å². The quantitative estimate of drug-likeness (QED) is 0.124. The van der Waals surface area contributed by atoms with Crippen LogP contribution in [0.25, 0.3) is 16.7 Å². The summed E-state index contributed by atoms with van der Waals surface area (Å²) < 4.78 is 0. The Bertz CT molecular complexity index is 2450. The minimum absolute atomic E-state index is 0.0332. The third-order valence-corrected chi connectivity index (χ3v) is 11.0. The molecule has 7 rings (SSSR count). The molecule has 59 heavy (non-hydrogen) atoms. The van der Waals surface area contributed by atoms with Crippen LogP contribution in [0.4, 0.5) is 17.1 Å². The highest BCUT2D eigenvalue weighted by atomic mass is 15.3. The minimum atomic E-state index is -0.0332. The molecule has 0 aromatic heterocycles. The van der Waals surface area contributed by atoms with Crippen LogP contribution in [0.1, 0.15) is 61.4 Å². The van der Waals surface area contributed by atoms with Crippen LogP contribution in [0.15, 0.2) is 205 Å². The fourth-order valence-electron chi connectivity index (χ4n) is 7.80. The number of anilines is 3. The molecule has 0 amide bonds. The number of hydrogen-bond donors (Lipinski definition) is 2. The molecular formula is C55H54N4. The van der Waals surface area contributed by atoms with Crippen molar-refractivity contribution in [2.45, 2.75) is 46.1 Å². The predicted octanol–water partition coefficient (Wildman–Crippen LogP) is 13.0. The van der Waals surface area contributed by atoms with Crippen LogP contribution in [-0.2, 0) is 0 Å². The molecule has 3 N–H and O–H groups in total. The Labute approximate surface area is 352 Å². The normalized spacial score (nSPS) is 18.1. The fraction of sp³-hybridized carbons (Fsp3) is 0.164. The molecule has 2 heterocycles. The summed E-state index contributed by atoms with van der Waals surface area (Å²) in [5, 5.41) is 3.94. The van der Waals surface area contributed by atoms with Gasteiger partial charge in [-0.1, -0.05) is 172 Å². The van der Waals surface area contributed by atoms with Gasteiger partial charge in [0.25, 0.3) is 0 Å². The summed E-state index contributed by atoms with van der Waals surface area (Å²) in [4.78, 5) is 4.85. The molecule has 5 aromatic carbocycles. The van der Waals surface area contributed by atoms with Crippen molar-refractivity contribution < 1.29 is 0 Å². The Hall–Kier alpha value is -6.96. The molecule has 0 saturated carbocycles. The number of aryl methyl sites for hydroxylation is 1. The first-order valence-corrected chi connectivity index (χ1v) is 20.7. The van der Waals surface area contributed by atoms with Crippen LogP contribution < -0.4 is 20.9 Å². The molecule has 2 unspecified atom stereocenters. The van der Waals surface area contributed by atoms with Gasteiger partial charge in [0.1, 0.15) is 5.82 Å². The lowest BCUT2D eigenvalue weighted by molar-refractivity contribution is 0.689. The van der Waals surface area contributed by atoms with Gasteiger partial charge in [0, 0.05) is 30.8 Å². The van der Waals surface area contributed by atoms with E-state index >= 15 is 0 Å². The second-order valence-electron chi connectivity index (χ2n) is 14.9. The van der Waals surface area contributed by atoms with Gasteiger partial charge in [-0.15, -0.1) is 0 Å². The number of nitrogens with zero attached hydrogens (tertiary/aromatic N) is 2. The Morgan fingerprint density at radius 2 is 1.69 bits per heavy atom. The van der Waals surface area contributed by atoms with Gasteiger partial charge in [0.2, 0.25) is 0 Å². The first-order chi connectivity index (χ1) is 28.9. The van der Waals surface area contributed by atoms with Crippen LogP contribution in [0, 0.1) is 19.1 Å². The summed E-state index contributed by atoms with van der Waals surface area (Å²) >= 11 is 0. The van der Waals surface area contributed by atoms with Crippen molar-refractivity contribution in [1.29, 1.82) is 0 Å². The van der Waals surface area contributed by atoms with Crippen LogP contribution in [0.5, 0.6) is 0 Å². The summed E-state index contributed by atoms with van der Waals surface area (Å²) in [6.07, 6.45) is 27.0. The van der Waals surface area contributed by atoms with E-state index in [4.69, 9.17) is 5.73 Å². The largest absolute Gasteiger partial charge is 0.399 e. The first kappa shape index (κ1) is 40.2. The van der Waals surface area contributed by atoms with Gasteiger partial charge in [-0.25, -0.2) is 0 Å². The molecule has 0 saturated heterocycles. The molecule has 5 aromatic rings. The molecule has 0 aliphatic carbocycles. The van der Waals surface area contributed by atoms with Gasteiger partial charge in [0.15, 0.2) is 0 Å². The van der Waals surface area contributed by atoms with Crippen molar-refractivity contribution in [2.24, 2.45) is 5.73 Å². The molecule has 4 heteroatoms. The lowest BCUT2D eigenvalue weighted by Gasteiger charge is -2.38. The molecule has 2 atom stereocenters. The van der Waals surface area contributed by atoms with Crippen molar-refractivity contribution >= 4 is 22.6 Å². The van der Waals surface area contributed by atoms with Crippen molar-refractivity contribution in [3.8, 4) is 11.1 Å². The Balaban J connectivity index is 1.25. The maximum absolute atomic E-state index is 6.76. The Morgan fingerprint density at radius 3 is 2.46 bits per heavy atom. The molecule has 0 spiro atoms. The number of fused-ring (bicyclic) bond motifs is 1. The number of rotatable bonds is 12. The zero-order valence-corrected chi connectivity index (χ0v) is 34.6. The highest BCUT2D eigenvalue weighted by Gasteiger charge is 2.28. The molecule has 2 aliphatic rings. The van der Waals surface area contributed by atoms with Gasteiger partial charge >= 0.3 is 0 Å². The lowest BCUT2D eigenvalue weighted by atomic mass is 9.94. The summed E-state index contributed by atoms with van der Waals surface area (Å²) in [6, 6.07) is 46.9. The summed E-state index contributed by atoms with van der Waals surface area (Å²) in [7, 11) is 0. The maximum atomic E-state index is 6.76. The predicted molar refractivity (Wildman–Crippen MR) is 251 cm³/mol. The highest BCUT2D eigenvalue weighted by molar-refractivity contribution is 5.86. The number of hydrogen-bond acceptors (Lipinski definition) is 4. The third-order valence-electron chi connectivity index (χ3n) is 11.0. The summed E-state index contributed by atoms with van der Waals surface area (Å²) in [5.74, 6) is 1.16. The average Bonchev–Trinajstić information content (AvgIpc) is 3.36. The van der Waals surface area contributed by atoms with E-state index in [1.165, 1.54) is 39.1 Å². The van der Waals surface area contributed by atoms with E-state index in [0.29, 0.717) is 6.54 Å². The van der Waals surface area contributed by atoms with E-state index in [-0.39, 0.29) is 12.0 Å². The zero-order chi connectivity index (χ0) is 41.0. The molecular weight excluding hydrogens is 717 g/mol. The van der Waals surface area contributed by atoms with Crippen molar-refractivity contribution in [1.82, 2.24) is 5.32 Å². The van der Waals surface area contributed by atoms with E-state index < -0.39 is 0 Å². The van der Waals surface area contributed by atoms with Crippen molar-refractivity contribution in [3.05, 3.63) is 240 Å². The van der Waals surface area contributed by atoms with E-state index in [9.17, 15) is 0 Å². The molecule has 4 nitrogen and oxygen atoms in total. The Morgan fingerprint density at radius 1 is 0.898 bits per heavy atom. The zero-order valence-electron chi connectivity index (χ0n) is 34.6. The maximum Gasteiger partial charge on any atom is 0.111 e. The second-order valence-corrected chi connectivity index (χ2v) is 14.9. The summed E-state index contributed by atoms with van der Waals surface area (Å²) in [6.45, 7) is 10.1. The number of dihydropyridines is 1. The van der Waals surface area contributed by atoms with Gasteiger partial charge < -0.3 is 16.0 Å².